The number of carbonyl (C=O) groups excluding carboxylic acids is 2. The van der Waals surface area contributed by atoms with Crippen molar-refractivity contribution in [2.24, 2.45) is 5.41 Å². The lowest BCUT2D eigenvalue weighted by molar-refractivity contribution is -0.149. The van der Waals surface area contributed by atoms with Crippen molar-refractivity contribution in [2.75, 3.05) is 4.90 Å². The van der Waals surface area contributed by atoms with Crippen molar-refractivity contribution in [3.63, 3.8) is 0 Å². The van der Waals surface area contributed by atoms with E-state index in [9.17, 15) is 41.4 Å². The molecule has 0 bridgehead atoms. The first-order valence-electron chi connectivity index (χ1n) is 11.5. The van der Waals surface area contributed by atoms with Gasteiger partial charge in [0.05, 0.1) is 29.1 Å². The first-order chi connectivity index (χ1) is 17.8. The number of alkyl halides is 3. The molecule has 3 aromatic rings. The van der Waals surface area contributed by atoms with Crippen LogP contribution in [0.15, 0.2) is 35.4 Å². The molecule has 200 valence electrons. The third-order valence-corrected chi connectivity index (χ3v) is 7.05. The van der Waals surface area contributed by atoms with Gasteiger partial charge in [-0.25, -0.2) is 18.7 Å². The van der Waals surface area contributed by atoms with Crippen molar-refractivity contribution in [2.45, 2.75) is 51.1 Å². The van der Waals surface area contributed by atoms with Crippen molar-refractivity contribution in [3.05, 3.63) is 58.0 Å². The molecule has 4 heterocycles. The number of pyridine rings is 3. The molecule has 1 saturated carbocycles. The molecule has 3 atom stereocenters. The van der Waals surface area contributed by atoms with Crippen LogP contribution in [0.4, 0.5) is 27.8 Å². The Morgan fingerprint density at radius 2 is 1.92 bits per heavy atom. The Kier molecular flexibility index (Phi) is 5.78. The van der Waals surface area contributed by atoms with E-state index in [2.05, 4.69) is 9.97 Å². The number of aliphatic hydroxyl groups is 1. The number of nitrogens with one attached hydrogen (secondary N) is 1. The van der Waals surface area contributed by atoms with E-state index in [0.29, 0.717) is 32.0 Å². The lowest BCUT2D eigenvalue weighted by atomic mass is 9.99. The number of nitrogens with zero attached hydrogens (tertiary/aromatic N) is 4. The minimum absolute atomic E-state index is 0.0105. The molecule has 2 fully saturated rings. The highest BCUT2D eigenvalue weighted by Gasteiger charge is 2.65. The highest BCUT2D eigenvalue weighted by atomic mass is 19.4. The van der Waals surface area contributed by atoms with Crippen LogP contribution in [0.25, 0.3) is 16.9 Å². The molecule has 14 heteroatoms. The van der Waals surface area contributed by atoms with E-state index in [0.717, 1.165) is 10.8 Å². The summed E-state index contributed by atoms with van der Waals surface area (Å²) in [7, 11) is 0. The van der Waals surface area contributed by atoms with Crippen LogP contribution in [0.1, 0.15) is 37.0 Å². The summed E-state index contributed by atoms with van der Waals surface area (Å²) in [5, 5.41) is 12.0. The van der Waals surface area contributed by atoms with Crippen LogP contribution < -0.4 is 15.6 Å². The molecule has 1 aliphatic heterocycles. The number of fused-ring (bicyclic) bond motifs is 1. The maximum Gasteiger partial charge on any atom is 0.408 e. The molecule has 2 aliphatic rings. The van der Waals surface area contributed by atoms with Crippen LogP contribution in [0.3, 0.4) is 0 Å². The number of aliphatic hydroxyl groups excluding tert-OH is 1. The second-order valence-corrected chi connectivity index (χ2v) is 9.49. The van der Waals surface area contributed by atoms with Gasteiger partial charge in [0.2, 0.25) is 11.3 Å². The predicted octanol–water partition coefficient (Wildman–Crippen LogP) is 2.62. The number of aromatic nitrogens is 3. The summed E-state index contributed by atoms with van der Waals surface area (Å²) >= 11 is 0. The molecule has 0 radical (unpaired) electrons. The Labute approximate surface area is 210 Å². The average molecular weight is 537 g/mol. The van der Waals surface area contributed by atoms with Crippen LogP contribution in [0.2, 0.25) is 0 Å². The summed E-state index contributed by atoms with van der Waals surface area (Å²) in [5.74, 6) is -4.59. The Bertz CT molecular complexity index is 1550. The van der Waals surface area contributed by atoms with E-state index in [-0.39, 0.29) is 22.8 Å². The van der Waals surface area contributed by atoms with Crippen LogP contribution in [0.5, 0.6) is 0 Å². The first-order valence-corrected chi connectivity index (χ1v) is 11.5. The first kappa shape index (κ1) is 25.7. The summed E-state index contributed by atoms with van der Waals surface area (Å²) in [6, 6.07) is -0.0220. The molecule has 5 rings (SSSR count). The molecular weight excluding hydrogens is 517 g/mol. The molecule has 1 spiro atoms. The fourth-order valence-corrected chi connectivity index (χ4v) is 4.70. The molecule has 3 unspecified atom stereocenters. The molecule has 1 aliphatic carbocycles. The van der Waals surface area contributed by atoms with Gasteiger partial charge in [-0.1, -0.05) is 0 Å². The fourth-order valence-electron chi connectivity index (χ4n) is 4.70. The van der Waals surface area contributed by atoms with E-state index >= 15 is 0 Å². The number of anilines is 1. The smallest absolute Gasteiger partial charge is 0.390 e. The number of carbonyl (C=O) groups is 2. The molecule has 3 aromatic heterocycles. The van der Waals surface area contributed by atoms with Gasteiger partial charge in [0.25, 0.3) is 5.91 Å². The number of rotatable bonds is 4. The third kappa shape index (κ3) is 3.90. The Balaban J connectivity index is 1.70. The van der Waals surface area contributed by atoms with Crippen molar-refractivity contribution >= 4 is 28.7 Å². The van der Waals surface area contributed by atoms with Crippen LogP contribution in [-0.4, -0.2) is 55.8 Å². The minimum atomic E-state index is -4.80. The fraction of sp³-hybridized carbons (Fsp3) is 0.375. The van der Waals surface area contributed by atoms with Gasteiger partial charge in [-0.3, -0.25) is 23.9 Å². The van der Waals surface area contributed by atoms with E-state index in [1.54, 1.807) is 12.2 Å². The molecule has 2 N–H and O–H groups in total. The third-order valence-electron chi connectivity index (χ3n) is 7.05. The largest absolute Gasteiger partial charge is 0.408 e. The normalized spacial score (nSPS) is 21.3. The highest BCUT2D eigenvalue weighted by Crippen LogP contribution is 2.56. The van der Waals surface area contributed by atoms with Crippen LogP contribution in [-0.2, 0) is 4.79 Å². The molecular formula is C24H20F5N5O4. The van der Waals surface area contributed by atoms with E-state index in [1.165, 1.54) is 17.0 Å². The van der Waals surface area contributed by atoms with Crippen molar-refractivity contribution in [1.29, 1.82) is 0 Å². The van der Waals surface area contributed by atoms with Gasteiger partial charge in [-0.05, 0) is 38.8 Å². The minimum Gasteiger partial charge on any atom is -0.390 e. The summed E-state index contributed by atoms with van der Waals surface area (Å²) in [6.45, 7) is 2.30. The molecule has 1 saturated heterocycles. The van der Waals surface area contributed by atoms with E-state index < -0.39 is 64.1 Å². The highest BCUT2D eigenvalue weighted by molar-refractivity contribution is 6.03. The van der Waals surface area contributed by atoms with Crippen molar-refractivity contribution in [3.8, 4) is 5.82 Å². The number of halogens is 5. The van der Waals surface area contributed by atoms with Gasteiger partial charge in [-0.2, -0.15) is 13.2 Å². The number of hydrogen-bond donors (Lipinski definition) is 2. The maximum absolute atomic E-state index is 14.8. The Hall–Kier alpha value is -3.94. The zero-order chi connectivity index (χ0) is 27.7. The second kappa shape index (κ2) is 8.55. The number of amides is 2. The van der Waals surface area contributed by atoms with Gasteiger partial charge in [0.15, 0.2) is 17.3 Å². The maximum atomic E-state index is 14.8. The predicted molar refractivity (Wildman–Crippen MR) is 123 cm³/mol. The molecule has 38 heavy (non-hydrogen) atoms. The second-order valence-electron chi connectivity index (χ2n) is 9.49. The zero-order valence-electron chi connectivity index (χ0n) is 19.9. The summed E-state index contributed by atoms with van der Waals surface area (Å²) in [6.07, 6.45) is -3.36. The van der Waals surface area contributed by atoms with Gasteiger partial charge >= 0.3 is 6.18 Å². The molecule has 9 nitrogen and oxygen atoms in total. The lowest BCUT2D eigenvalue weighted by Gasteiger charge is -2.22. The van der Waals surface area contributed by atoms with Crippen LogP contribution >= 0.6 is 0 Å². The van der Waals surface area contributed by atoms with E-state index in [4.69, 9.17) is 0 Å². The standard InChI is InChI=1S/C24H20F5N5O4/c1-10-18(36)23(5-6-23)22(38)34(10)16-4-3-13-17(35)14(21(37)31-11(2)24(27,28)29)9-33(19(13)32-16)20-15(26)7-12(25)8-30-20/h3-4,7-11,18,36H,5-6H2,1-2H3,(H,31,37). The van der Waals surface area contributed by atoms with Gasteiger partial charge in [0.1, 0.15) is 23.2 Å². The van der Waals surface area contributed by atoms with Crippen LogP contribution in [0, 0.1) is 17.0 Å². The topological polar surface area (TPSA) is 117 Å². The Morgan fingerprint density at radius 3 is 2.50 bits per heavy atom. The quantitative estimate of drug-likeness (QED) is 0.495. The van der Waals surface area contributed by atoms with Gasteiger partial charge in [-0.15, -0.1) is 0 Å². The zero-order valence-corrected chi connectivity index (χ0v) is 19.9. The van der Waals surface area contributed by atoms with Gasteiger partial charge < -0.3 is 10.4 Å². The van der Waals surface area contributed by atoms with Crippen molar-refractivity contribution in [1.82, 2.24) is 19.9 Å². The summed E-state index contributed by atoms with van der Waals surface area (Å²) < 4.78 is 68.2. The molecule has 2 amide bonds. The average Bonchev–Trinajstić information content (AvgIpc) is 3.63. The molecule has 0 aromatic carbocycles. The SMILES string of the molecule is CC1C(O)C2(CC2)C(=O)N1c1ccc2c(=O)c(C(=O)NC(C)C(F)(F)F)cn(-c3ncc(F)cc3F)c2n1. The van der Waals surface area contributed by atoms with Gasteiger partial charge in [0, 0.05) is 12.3 Å². The summed E-state index contributed by atoms with van der Waals surface area (Å²) in [4.78, 5) is 48.2. The summed E-state index contributed by atoms with van der Waals surface area (Å²) in [5.41, 5.74) is -3.00. The number of hydrogen-bond acceptors (Lipinski definition) is 6. The van der Waals surface area contributed by atoms with Crippen molar-refractivity contribution < 1.29 is 36.6 Å². The monoisotopic (exact) mass is 537 g/mol. The lowest BCUT2D eigenvalue weighted by Crippen LogP contribution is -2.44. The van der Waals surface area contributed by atoms with E-state index in [1.807, 2.05) is 0 Å². The Morgan fingerprint density at radius 1 is 1.24 bits per heavy atom.